The fraction of sp³-hybridized carbons (Fsp3) is 0.608. The molecular formula is C51H68O6. The molecule has 0 heterocycles. The zero-order chi connectivity index (χ0) is 39.0. The van der Waals surface area contributed by atoms with Gasteiger partial charge < -0.3 is 28.4 Å². The summed E-state index contributed by atoms with van der Waals surface area (Å²) in [6, 6.07) is 21.5. The molecule has 6 nitrogen and oxygen atoms in total. The van der Waals surface area contributed by atoms with Gasteiger partial charge in [0.25, 0.3) is 0 Å². The molecule has 6 heteroatoms. The topological polar surface area (TPSA) is 55.4 Å². The quantitative estimate of drug-likeness (QED) is 0.101. The molecule has 0 N–H and O–H groups in total. The van der Waals surface area contributed by atoms with Crippen molar-refractivity contribution in [3.8, 4) is 5.75 Å². The summed E-state index contributed by atoms with van der Waals surface area (Å²) in [5, 5.41) is 2.48. The number of benzene rings is 3. The second kappa shape index (κ2) is 19.8. The van der Waals surface area contributed by atoms with E-state index in [4.69, 9.17) is 28.4 Å². The number of aryl methyl sites for hydroxylation is 2. The molecule has 7 unspecified atom stereocenters. The lowest BCUT2D eigenvalue weighted by molar-refractivity contribution is -0.0999. The van der Waals surface area contributed by atoms with Crippen LogP contribution in [0, 0.1) is 30.6 Å². The minimum atomic E-state index is 0.166. The van der Waals surface area contributed by atoms with Gasteiger partial charge in [-0.2, -0.15) is 0 Å². The molecule has 0 radical (unpaired) electrons. The molecule has 0 spiro atoms. The van der Waals surface area contributed by atoms with Gasteiger partial charge in [-0.25, -0.2) is 0 Å². The zero-order valence-corrected chi connectivity index (χ0v) is 35.1. The fourth-order valence-electron chi connectivity index (χ4n) is 11.3. The van der Waals surface area contributed by atoms with E-state index in [-0.39, 0.29) is 12.2 Å². The molecule has 3 aromatic carbocycles. The van der Waals surface area contributed by atoms with Crippen molar-refractivity contribution in [2.24, 2.45) is 23.7 Å². The Kier molecular flexibility index (Phi) is 14.2. The molecule has 0 saturated heterocycles. The minimum absolute atomic E-state index is 0.166. The fourth-order valence-corrected chi connectivity index (χ4v) is 11.3. The van der Waals surface area contributed by atoms with Crippen LogP contribution in [0.3, 0.4) is 0 Å². The molecule has 57 heavy (non-hydrogen) atoms. The second-order valence-electron chi connectivity index (χ2n) is 17.7. The van der Waals surface area contributed by atoms with E-state index in [9.17, 15) is 0 Å². The van der Waals surface area contributed by atoms with E-state index in [1.807, 2.05) is 0 Å². The summed E-state index contributed by atoms with van der Waals surface area (Å²) >= 11 is 0. The van der Waals surface area contributed by atoms with E-state index in [2.05, 4.69) is 81.4 Å². The third-order valence-electron chi connectivity index (χ3n) is 14.0. The minimum Gasteiger partial charge on any atom is -0.491 e. The summed E-state index contributed by atoms with van der Waals surface area (Å²) in [6.07, 6.45) is 16.3. The maximum absolute atomic E-state index is 7.03. The van der Waals surface area contributed by atoms with Crippen LogP contribution in [-0.4, -0.2) is 71.2 Å². The third-order valence-corrected chi connectivity index (χ3v) is 14.0. The summed E-state index contributed by atoms with van der Waals surface area (Å²) in [5.41, 5.74) is 11.0. The molecule has 5 aliphatic rings. The first-order chi connectivity index (χ1) is 28.0. The Bertz CT molecular complexity index is 1840. The molecule has 0 aromatic heterocycles. The van der Waals surface area contributed by atoms with Crippen molar-refractivity contribution >= 4 is 10.8 Å². The average molecular weight is 777 g/mol. The summed E-state index contributed by atoms with van der Waals surface area (Å²) in [6.45, 7) is 11.8. The van der Waals surface area contributed by atoms with Gasteiger partial charge in [-0.05, 0) is 136 Å². The summed E-state index contributed by atoms with van der Waals surface area (Å²) in [5.74, 6) is 2.62. The Labute approximate surface area is 342 Å². The molecule has 8 rings (SSSR count). The van der Waals surface area contributed by atoms with Crippen LogP contribution in [0.25, 0.3) is 10.8 Å². The Morgan fingerprint density at radius 2 is 1.09 bits per heavy atom. The monoisotopic (exact) mass is 777 g/mol. The van der Waals surface area contributed by atoms with E-state index in [1.165, 1.54) is 91.7 Å². The van der Waals surface area contributed by atoms with Crippen LogP contribution in [0.1, 0.15) is 101 Å². The van der Waals surface area contributed by atoms with Crippen LogP contribution in [0.5, 0.6) is 5.75 Å². The van der Waals surface area contributed by atoms with Gasteiger partial charge in [-0.15, -0.1) is 0 Å². The van der Waals surface area contributed by atoms with Crippen molar-refractivity contribution in [1.29, 1.82) is 0 Å². The van der Waals surface area contributed by atoms with Gasteiger partial charge in [0, 0.05) is 11.8 Å². The molecular weight excluding hydrogens is 709 g/mol. The number of allylic oxidation sites excluding steroid dienone is 2. The first-order valence-electron chi connectivity index (χ1n) is 22.6. The number of hydrogen-bond donors (Lipinski definition) is 0. The van der Waals surface area contributed by atoms with Gasteiger partial charge >= 0.3 is 0 Å². The molecule has 0 bridgehead atoms. The number of rotatable bonds is 17. The van der Waals surface area contributed by atoms with Crippen molar-refractivity contribution in [2.75, 3.05) is 52.9 Å². The molecule has 7 atom stereocenters. The first kappa shape index (κ1) is 40.8. The van der Waals surface area contributed by atoms with Gasteiger partial charge in [-0.1, -0.05) is 90.7 Å². The molecule has 3 aromatic rings. The van der Waals surface area contributed by atoms with Gasteiger partial charge in [0.05, 0.1) is 64.6 Å². The van der Waals surface area contributed by atoms with Crippen LogP contribution in [0.2, 0.25) is 0 Å². The Morgan fingerprint density at radius 3 is 1.75 bits per heavy atom. The Balaban J connectivity index is 0.872. The van der Waals surface area contributed by atoms with Crippen LogP contribution in [-0.2, 0) is 36.5 Å². The Morgan fingerprint density at radius 1 is 0.526 bits per heavy atom. The van der Waals surface area contributed by atoms with E-state index >= 15 is 0 Å². The molecule has 5 aliphatic carbocycles. The smallest absolute Gasteiger partial charge is 0.122 e. The standard InChI is InChI=1S/C51H68O6/c1-35-32-41-15-7-10-18-45(41)48(50(35)56-30-26-52-24-28-54-43-22-20-38-12-4-5-14-40(38)34-43)49-46-19-11-8-16-42(46)33-36(2)51(49)57-31-27-53-25-29-55-47-23-21-39-13-6-9-17-44(39)37(47)3/h4-6,9,12-14,17,21,23,35-36,43,48-51H,7-8,10-11,15-16,18-20,22,24-34H2,1-3H3. The van der Waals surface area contributed by atoms with Gasteiger partial charge in [0.15, 0.2) is 0 Å². The molecule has 0 amide bonds. The van der Waals surface area contributed by atoms with Crippen molar-refractivity contribution in [3.63, 3.8) is 0 Å². The highest BCUT2D eigenvalue weighted by atomic mass is 16.6. The first-order valence-corrected chi connectivity index (χ1v) is 22.6. The van der Waals surface area contributed by atoms with Crippen LogP contribution in [0.4, 0.5) is 0 Å². The predicted molar refractivity (Wildman–Crippen MR) is 229 cm³/mol. The highest BCUT2D eigenvalue weighted by molar-refractivity contribution is 5.87. The third kappa shape index (κ3) is 9.73. The largest absolute Gasteiger partial charge is 0.491 e. The van der Waals surface area contributed by atoms with Gasteiger partial charge in [0.1, 0.15) is 12.4 Å². The predicted octanol–water partition coefficient (Wildman–Crippen LogP) is 11.0. The summed E-state index contributed by atoms with van der Waals surface area (Å²) in [4.78, 5) is 0. The lowest BCUT2D eigenvalue weighted by atomic mass is 9.58. The number of fused-ring (bicyclic) bond motifs is 2. The van der Waals surface area contributed by atoms with Crippen molar-refractivity contribution in [3.05, 3.63) is 99.6 Å². The van der Waals surface area contributed by atoms with Gasteiger partial charge in [-0.3, -0.25) is 0 Å². The zero-order valence-electron chi connectivity index (χ0n) is 35.1. The Hall–Kier alpha value is -3.00. The molecule has 0 saturated carbocycles. The van der Waals surface area contributed by atoms with Crippen LogP contribution >= 0.6 is 0 Å². The highest BCUT2D eigenvalue weighted by Crippen LogP contribution is 2.54. The highest BCUT2D eigenvalue weighted by Gasteiger charge is 2.49. The van der Waals surface area contributed by atoms with Crippen molar-refractivity contribution in [1.82, 2.24) is 0 Å². The van der Waals surface area contributed by atoms with E-state index < -0.39 is 0 Å². The second-order valence-corrected chi connectivity index (χ2v) is 17.7. The lowest BCUT2D eigenvalue weighted by Crippen LogP contribution is -2.50. The molecule has 308 valence electrons. The molecule has 0 fully saturated rings. The van der Waals surface area contributed by atoms with Crippen molar-refractivity contribution in [2.45, 2.75) is 123 Å². The van der Waals surface area contributed by atoms with Crippen LogP contribution < -0.4 is 4.74 Å². The average Bonchev–Trinajstić information content (AvgIpc) is 3.24. The van der Waals surface area contributed by atoms with E-state index in [0.29, 0.717) is 82.6 Å². The van der Waals surface area contributed by atoms with E-state index in [0.717, 1.165) is 25.0 Å². The number of ether oxygens (including phenoxy) is 6. The van der Waals surface area contributed by atoms with E-state index in [1.54, 1.807) is 22.3 Å². The maximum Gasteiger partial charge on any atom is 0.122 e. The summed E-state index contributed by atoms with van der Waals surface area (Å²) < 4.78 is 38.8. The SMILES string of the molecule is Cc1c(OCCOCCOC2C(C)CC3=C(CCCC3)C2C2C3=C(CCCC3)CC(C)C2OCCOCCOC2CCc3ccccc3C2)ccc2ccccc12. The summed E-state index contributed by atoms with van der Waals surface area (Å²) in [7, 11) is 0. The van der Waals surface area contributed by atoms with Crippen molar-refractivity contribution < 1.29 is 28.4 Å². The molecule has 0 aliphatic heterocycles. The number of hydrogen-bond acceptors (Lipinski definition) is 6. The van der Waals surface area contributed by atoms with Crippen LogP contribution in [0.15, 0.2) is 83.0 Å². The lowest BCUT2D eigenvalue weighted by Gasteiger charge is -2.51. The van der Waals surface area contributed by atoms with Gasteiger partial charge in [0.2, 0.25) is 0 Å². The maximum atomic E-state index is 7.03. The normalized spacial score (nSPS) is 27.6.